The zero-order valence-electron chi connectivity index (χ0n) is 15.2. The summed E-state index contributed by atoms with van der Waals surface area (Å²) in [5.41, 5.74) is 1.79. The number of fused-ring (bicyclic) bond motifs is 1. The van der Waals surface area contributed by atoms with Gasteiger partial charge in [0.2, 0.25) is 6.79 Å². The molecule has 0 aromatic heterocycles. The van der Waals surface area contributed by atoms with E-state index in [1.165, 1.54) is 0 Å². The standard InChI is InChI=1S/C21H20N2O4/c1-14(2)23-21(24)17(11-22)9-15-3-6-18(7-4-15)25-12-16-5-8-19-20(10-16)27-13-26-19/h3-10,14H,12-13H2,1-2H3,(H,23,24)/b17-9-. The van der Waals surface area contributed by atoms with Crippen molar-refractivity contribution in [3.05, 3.63) is 59.2 Å². The molecule has 0 aliphatic carbocycles. The average molecular weight is 364 g/mol. The molecular formula is C21H20N2O4. The maximum absolute atomic E-state index is 12.0. The molecule has 0 saturated heterocycles. The molecule has 1 amide bonds. The first-order valence-corrected chi connectivity index (χ1v) is 8.59. The van der Waals surface area contributed by atoms with Gasteiger partial charge in [-0.15, -0.1) is 0 Å². The number of nitrogens with one attached hydrogen (secondary N) is 1. The molecule has 2 aromatic carbocycles. The molecule has 6 heteroatoms. The van der Waals surface area contributed by atoms with Crippen molar-refractivity contribution in [3.63, 3.8) is 0 Å². The smallest absolute Gasteiger partial charge is 0.262 e. The number of benzene rings is 2. The van der Waals surface area contributed by atoms with Gasteiger partial charge in [0.1, 0.15) is 24.0 Å². The van der Waals surface area contributed by atoms with Crippen LogP contribution in [0.3, 0.4) is 0 Å². The van der Waals surface area contributed by atoms with Crippen LogP contribution in [-0.4, -0.2) is 18.7 Å². The van der Waals surface area contributed by atoms with Crippen molar-refractivity contribution in [2.75, 3.05) is 6.79 Å². The fraction of sp³-hybridized carbons (Fsp3) is 0.238. The molecule has 0 atom stereocenters. The summed E-state index contributed by atoms with van der Waals surface area (Å²) >= 11 is 0. The predicted molar refractivity (Wildman–Crippen MR) is 100 cm³/mol. The van der Waals surface area contributed by atoms with E-state index in [1.54, 1.807) is 30.3 Å². The Morgan fingerprint density at radius 3 is 2.67 bits per heavy atom. The lowest BCUT2D eigenvalue weighted by Crippen LogP contribution is -2.30. The number of carbonyl (C=O) groups excluding carboxylic acids is 1. The van der Waals surface area contributed by atoms with Crippen molar-refractivity contribution >= 4 is 12.0 Å². The zero-order valence-corrected chi connectivity index (χ0v) is 15.2. The van der Waals surface area contributed by atoms with Crippen LogP contribution < -0.4 is 19.5 Å². The third kappa shape index (κ3) is 4.79. The Morgan fingerprint density at radius 2 is 1.96 bits per heavy atom. The van der Waals surface area contributed by atoms with Crippen molar-refractivity contribution in [3.8, 4) is 23.3 Å². The molecular weight excluding hydrogens is 344 g/mol. The Morgan fingerprint density at radius 1 is 1.22 bits per heavy atom. The lowest BCUT2D eigenvalue weighted by Gasteiger charge is -2.08. The molecule has 0 unspecified atom stereocenters. The van der Waals surface area contributed by atoms with Crippen LogP contribution in [0.5, 0.6) is 17.2 Å². The number of hydrogen-bond acceptors (Lipinski definition) is 5. The van der Waals surface area contributed by atoms with Gasteiger partial charge in [0.25, 0.3) is 5.91 Å². The molecule has 138 valence electrons. The van der Waals surface area contributed by atoms with E-state index in [2.05, 4.69) is 5.32 Å². The van der Waals surface area contributed by atoms with E-state index in [1.807, 2.05) is 38.1 Å². The number of nitriles is 1. The largest absolute Gasteiger partial charge is 0.489 e. The van der Waals surface area contributed by atoms with Gasteiger partial charge in [-0.3, -0.25) is 4.79 Å². The van der Waals surface area contributed by atoms with Gasteiger partial charge in [-0.25, -0.2) is 0 Å². The van der Waals surface area contributed by atoms with Crippen LogP contribution in [0.4, 0.5) is 0 Å². The Balaban J connectivity index is 1.62. The molecule has 6 nitrogen and oxygen atoms in total. The summed E-state index contributed by atoms with van der Waals surface area (Å²) in [5, 5.41) is 11.9. The van der Waals surface area contributed by atoms with Gasteiger partial charge in [-0.1, -0.05) is 18.2 Å². The fourth-order valence-corrected chi connectivity index (χ4v) is 2.51. The van der Waals surface area contributed by atoms with Crippen molar-refractivity contribution in [2.45, 2.75) is 26.5 Å². The van der Waals surface area contributed by atoms with Crippen LogP contribution in [0.25, 0.3) is 6.08 Å². The predicted octanol–water partition coefficient (Wildman–Crippen LogP) is 3.43. The molecule has 0 fully saturated rings. The highest BCUT2D eigenvalue weighted by atomic mass is 16.7. The van der Waals surface area contributed by atoms with Gasteiger partial charge in [-0.05, 0) is 55.3 Å². The second-order valence-electron chi connectivity index (χ2n) is 6.34. The van der Waals surface area contributed by atoms with Gasteiger partial charge in [0.05, 0.1) is 0 Å². The third-order valence-electron chi connectivity index (χ3n) is 3.82. The van der Waals surface area contributed by atoms with E-state index in [9.17, 15) is 10.1 Å². The van der Waals surface area contributed by atoms with E-state index >= 15 is 0 Å². The van der Waals surface area contributed by atoms with Gasteiger partial charge in [-0.2, -0.15) is 5.26 Å². The summed E-state index contributed by atoms with van der Waals surface area (Å²) < 4.78 is 16.4. The molecule has 0 bridgehead atoms. The Hall–Kier alpha value is -3.46. The minimum Gasteiger partial charge on any atom is -0.489 e. The van der Waals surface area contributed by atoms with Crippen molar-refractivity contribution in [1.82, 2.24) is 5.32 Å². The number of rotatable bonds is 6. The average Bonchev–Trinajstić information content (AvgIpc) is 3.12. The normalized spacial score (nSPS) is 12.6. The number of carbonyl (C=O) groups is 1. The summed E-state index contributed by atoms with van der Waals surface area (Å²) in [6, 6.07) is 14.8. The number of amides is 1. The second kappa shape index (κ2) is 8.28. The molecule has 27 heavy (non-hydrogen) atoms. The number of nitrogens with zero attached hydrogens (tertiary/aromatic N) is 1. The number of ether oxygens (including phenoxy) is 3. The summed E-state index contributed by atoms with van der Waals surface area (Å²) in [6.45, 7) is 4.33. The molecule has 1 heterocycles. The summed E-state index contributed by atoms with van der Waals surface area (Å²) in [6.07, 6.45) is 1.55. The van der Waals surface area contributed by atoms with E-state index < -0.39 is 0 Å². The molecule has 1 aliphatic heterocycles. The third-order valence-corrected chi connectivity index (χ3v) is 3.82. The minimum atomic E-state index is -0.379. The first-order chi connectivity index (χ1) is 13.0. The maximum atomic E-state index is 12.0. The van der Waals surface area contributed by atoms with Crippen LogP contribution >= 0.6 is 0 Å². The minimum absolute atomic E-state index is 0.0267. The van der Waals surface area contributed by atoms with E-state index in [0.717, 1.165) is 22.6 Å². The van der Waals surface area contributed by atoms with Gasteiger partial charge >= 0.3 is 0 Å². The van der Waals surface area contributed by atoms with Crippen LogP contribution in [0, 0.1) is 11.3 Å². The molecule has 0 saturated carbocycles. The lowest BCUT2D eigenvalue weighted by atomic mass is 10.1. The number of hydrogen-bond donors (Lipinski definition) is 1. The zero-order chi connectivity index (χ0) is 19.2. The molecule has 1 N–H and O–H groups in total. The topological polar surface area (TPSA) is 80.6 Å². The van der Waals surface area contributed by atoms with E-state index in [4.69, 9.17) is 14.2 Å². The highest BCUT2D eigenvalue weighted by molar-refractivity contribution is 6.01. The van der Waals surface area contributed by atoms with Crippen LogP contribution in [0.15, 0.2) is 48.0 Å². The summed E-state index contributed by atoms with van der Waals surface area (Å²) in [7, 11) is 0. The molecule has 3 rings (SSSR count). The van der Waals surface area contributed by atoms with Crippen LogP contribution in [-0.2, 0) is 11.4 Å². The maximum Gasteiger partial charge on any atom is 0.262 e. The monoisotopic (exact) mass is 364 g/mol. The van der Waals surface area contributed by atoms with E-state index in [-0.39, 0.29) is 24.3 Å². The summed E-state index contributed by atoms with van der Waals surface area (Å²) in [5.74, 6) is 1.77. The molecule has 0 spiro atoms. The van der Waals surface area contributed by atoms with Gasteiger partial charge in [0, 0.05) is 6.04 Å². The van der Waals surface area contributed by atoms with Crippen molar-refractivity contribution < 1.29 is 19.0 Å². The Labute approximate surface area is 158 Å². The second-order valence-corrected chi connectivity index (χ2v) is 6.34. The van der Waals surface area contributed by atoms with Gasteiger partial charge in [0.15, 0.2) is 11.5 Å². The van der Waals surface area contributed by atoms with Crippen molar-refractivity contribution in [2.24, 2.45) is 0 Å². The SMILES string of the molecule is CC(C)NC(=O)/C(C#N)=C\c1ccc(OCc2ccc3c(c2)OCO3)cc1. The van der Waals surface area contributed by atoms with Gasteiger partial charge < -0.3 is 19.5 Å². The first-order valence-electron chi connectivity index (χ1n) is 8.59. The van der Waals surface area contributed by atoms with Crippen molar-refractivity contribution in [1.29, 1.82) is 5.26 Å². The van der Waals surface area contributed by atoms with Crippen LogP contribution in [0.1, 0.15) is 25.0 Å². The Bertz CT molecular complexity index is 895. The fourth-order valence-electron chi connectivity index (χ4n) is 2.51. The lowest BCUT2D eigenvalue weighted by molar-refractivity contribution is -0.117. The Kier molecular flexibility index (Phi) is 5.62. The first kappa shape index (κ1) is 18.3. The highest BCUT2D eigenvalue weighted by Gasteiger charge is 2.13. The van der Waals surface area contributed by atoms with Crippen LogP contribution in [0.2, 0.25) is 0 Å². The van der Waals surface area contributed by atoms with E-state index in [0.29, 0.717) is 12.4 Å². The molecule has 0 radical (unpaired) electrons. The summed E-state index contributed by atoms with van der Waals surface area (Å²) in [4.78, 5) is 12.0. The highest BCUT2D eigenvalue weighted by Crippen LogP contribution is 2.32. The molecule has 2 aromatic rings. The molecule has 1 aliphatic rings. The quantitative estimate of drug-likeness (QED) is 0.627.